The number of nitrogens with zero attached hydrogens (tertiary/aromatic N) is 3. The van der Waals surface area contributed by atoms with Crippen molar-refractivity contribution >= 4 is 47.5 Å². The molecule has 2 aliphatic heterocycles. The van der Waals surface area contributed by atoms with Crippen LogP contribution in [0.15, 0.2) is 33.7 Å². The molecule has 10 atom stereocenters. The van der Waals surface area contributed by atoms with Crippen molar-refractivity contribution in [1.82, 2.24) is 15.5 Å². The van der Waals surface area contributed by atoms with Crippen LogP contribution in [0.25, 0.3) is 0 Å². The Morgan fingerprint density at radius 2 is 1.27 bits per heavy atom. The Morgan fingerprint density at radius 3 is 1.81 bits per heavy atom. The summed E-state index contributed by atoms with van der Waals surface area (Å²) in [6.07, 6.45) is -0.979. The van der Waals surface area contributed by atoms with Gasteiger partial charge in [0.2, 0.25) is 29.2 Å². The maximum absolute atomic E-state index is 13.5. The number of carboxylic acid groups (broad SMARTS) is 2. The van der Waals surface area contributed by atoms with E-state index in [2.05, 4.69) is 26.5 Å². The number of hydrogen-bond acceptors (Lipinski definition) is 20. The summed E-state index contributed by atoms with van der Waals surface area (Å²) in [7, 11) is 0. The maximum atomic E-state index is 13.5. The van der Waals surface area contributed by atoms with Crippen molar-refractivity contribution in [1.29, 1.82) is 0 Å². The van der Waals surface area contributed by atoms with Crippen molar-refractivity contribution in [3.8, 4) is 12.3 Å². The first-order chi connectivity index (χ1) is 35.7. The first kappa shape index (κ1) is 64.8. The molecule has 0 aromatic heterocycles. The fourth-order valence-electron chi connectivity index (χ4n) is 7.53. The van der Waals surface area contributed by atoms with Crippen molar-refractivity contribution in [3.63, 3.8) is 0 Å². The van der Waals surface area contributed by atoms with Crippen LogP contribution >= 0.6 is 0 Å². The number of aliphatic imine (C=N–C) groups is 2. The van der Waals surface area contributed by atoms with Crippen molar-refractivity contribution in [2.24, 2.45) is 38.8 Å². The number of aliphatic carboxylic acids is 2. The molecule has 0 saturated heterocycles. The van der Waals surface area contributed by atoms with Crippen LogP contribution in [0.4, 0.5) is 0 Å². The van der Waals surface area contributed by atoms with Gasteiger partial charge in [0.25, 0.3) is 0 Å². The fraction of sp³-hybridized carbons (Fsp3) is 0.696. The summed E-state index contributed by atoms with van der Waals surface area (Å²) in [6.45, 7) is 2.80. The number of unbranched alkanes of at least 4 members (excludes halogenated alkanes) is 2. The Balaban J connectivity index is 2.05. The lowest BCUT2D eigenvalue weighted by Gasteiger charge is -2.40. The Labute approximate surface area is 433 Å². The van der Waals surface area contributed by atoms with E-state index in [0.717, 1.165) is 13.0 Å². The molecular weight excluding hydrogens is 999 g/mol. The van der Waals surface area contributed by atoms with E-state index in [4.69, 9.17) is 67.3 Å². The van der Waals surface area contributed by atoms with Crippen LogP contribution in [-0.2, 0) is 66.7 Å². The number of guanidine groups is 2. The van der Waals surface area contributed by atoms with Crippen LogP contribution in [0.5, 0.6) is 0 Å². The number of carboxylic acids is 2. The van der Waals surface area contributed by atoms with Crippen molar-refractivity contribution in [2.75, 3.05) is 92.3 Å². The van der Waals surface area contributed by atoms with E-state index >= 15 is 0 Å². The molecule has 0 aliphatic carbocycles. The first-order valence-electron chi connectivity index (χ1n) is 24.1. The number of amides is 3. The second-order valence-corrected chi connectivity index (χ2v) is 17.0. The number of nitrogens with two attached hydrogens (primary N) is 4. The number of hydrogen-bond donors (Lipinski definition) is 12. The largest absolute Gasteiger partial charge is 0.479 e. The number of aliphatic hydroxyl groups excluding tert-OH is 4. The fourth-order valence-corrected chi connectivity index (χ4v) is 7.53. The summed E-state index contributed by atoms with van der Waals surface area (Å²) in [6, 6.07) is -3.36. The Kier molecular flexibility index (Phi) is 30.9. The van der Waals surface area contributed by atoms with Crippen molar-refractivity contribution in [3.05, 3.63) is 23.7 Å². The van der Waals surface area contributed by atoms with Crippen LogP contribution in [0, 0.1) is 18.3 Å². The van der Waals surface area contributed by atoms with Gasteiger partial charge in [0.05, 0.1) is 84.0 Å². The minimum atomic E-state index is -1.74. The van der Waals surface area contributed by atoms with Crippen LogP contribution in [0.2, 0.25) is 0 Å². The molecule has 0 aromatic rings. The molecule has 0 aromatic carbocycles. The van der Waals surface area contributed by atoms with E-state index in [9.17, 15) is 59.4 Å². The predicted molar refractivity (Wildman–Crippen MR) is 262 cm³/mol. The highest BCUT2D eigenvalue weighted by molar-refractivity contribution is 5.86. The Hall–Kier alpha value is -6.36. The molecule has 0 bridgehead atoms. The highest BCUT2D eigenvalue weighted by Gasteiger charge is 2.46. The smallest absolute Gasteiger partial charge is 0.370 e. The van der Waals surface area contributed by atoms with Gasteiger partial charge in [0.1, 0.15) is 37.6 Å². The van der Waals surface area contributed by atoms with Gasteiger partial charge >= 0.3 is 17.9 Å². The average Bonchev–Trinajstić information content (AvgIpc) is 3.35. The standard InChI is InChI=1S/C46H75N9O20/c1-4-14-68-16-18-70-20-21-71-19-17-69-15-10-36(62)55(12-7-5-9-37(63)75-41(32(60)25-57)39-27(2)29(53-45(47)48)22-33(73-39)43(64)65)13-8-6-11-51-35(61)26-72-40(31(59)24-56)42-38(52-28(3)58)30(54-46(49)50)23-34(74-42)44(66)67/h1,22-23,27,29-32,38-42,56-57,59-60H,5-21,24-26H2,2-3H3,(H,51,61)(H,52,58)(H,64,65)(H,66,67)(H4,47,48,53)(H4,49,50,54)/t27-,29+,30+,31-,32-,38-,39-,40-,41-,42-/m1/s1. The summed E-state index contributed by atoms with van der Waals surface area (Å²) in [5.74, 6) is -5.76. The third-order valence-corrected chi connectivity index (χ3v) is 11.1. The zero-order chi connectivity index (χ0) is 55.9. The van der Waals surface area contributed by atoms with Crippen LogP contribution < -0.4 is 33.6 Å². The summed E-state index contributed by atoms with van der Waals surface area (Å²) >= 11 is 0. The van der Waals surface area contributed by atoms with Crippen LogP contribution in [0.3, 0.4) is 0 Å². The number of rotatable bonds is 38. The second kappa shape index (κ2) is 35.8. The normalized spacial score (nSPS) is 20.7. The lowest BCUT2D eigenvalue weighted by Crippen LogP contribution is -2.60. The summed E-state index contributed by atoms with van der Waals surface area (Å²) < 4.78 is 44.0. The lowest BCUT2D eigenvalue weighted by atomic mass is 9.87. The highest BCUT2D eigenvalue weighted by atomic mass is 16.6. The number of terminal acetylenes is 1. The summed E-state index contributed by atoms with van der Waals surface area (Å²) in [4.78, 5) is 85.1. The number of ether oxygens (including phenoxy) is 8. The summed E-state index contributed by atoms with van der Waals surface area (Å²) in [5.41, 5.74) is 22.2. The zero-order valence-corrected chi connectivity index (χ0v) is 42.2. The molecule has 0 spiro atoms. The van der Waals surface area contributed by atoms with Gasteiger partial charge in [-0.05, 0) is 37.8 Å². The first-order valence-corrected chi connectivity index (χ1v) is 24.1. The summed E-state index contributed by atoms with van der Waals surface area (Å²) in [5, 5.41) is 65.6. The molecule has 29 heteroatoms. The minimum absolute atomic E-state index is 0.00434. The molecule has 2 rings (SSSR count). The minimum Gasteiger partial charge on any atom is -0.479 e. The van der Waals surface area contributed by atoms with Gasteiger partial charge in [-0.15, -0.1) is 6.42 Å². The second-order valence-electron chi connectivity index (χ2n) is 17.0. The molecular formula is C46H75N9O20. The van der Waals surface area contributed by atoms with E-state index in [0.29, 0.717) is 45.7 Å². The van der Waals surface area contributed by atoms with E-state index in [1.807, 2.05) is 0 Å². The third kappa shape index (κ3) is 24.7. The molecule has 0 saturated carbocycles. The molecule has 29 nitrogen and oxygen atoms in total. The van der Waals surface area contributed by atoms with Gasteiger partial charge in [-0.1, -0.05) is 12.8 Å². The van der Waals surface area contributed by atoms with Gasteiger partial charge in [0, 0.05) is 38.9 Å². The van der Waals surface area contributed by atoms with E-state index < -0.39 is 128 Å². The number of esters is 1. The van der Waals surface area contributed by atoms with E-state index in [1.54, 1.807) is 11.8 Å². The lowest BCUT2D eigenvalue weighted by molar-refractivity contribution is -0.176. The van der Waals surface area contributed by atoms with E-state index in [1.165, 1.54) is 6.08 Å². The van der Waals surface area contributed by atoms with Gasteiger partial charge in [-0.2, -0.15) is 0 Å². The maximum Gasteiger partial charge on any atom is 0.370 e. The zero-order valence-electron chi connectivity index (χ0n) is 42.2. The Morgan fingerprint density at radius 1 is 0.747 bits per heavy atom. The van der Waals surface area contributed by atoms with Gasteiger partial charge in [-0.3, -0.25) is 19.2 Å². The number of carbonyl (C=O) groups is 6. The van der Waals surface area contributed by atoms with Crippen molar-refractivity contribution < 1.29 is 97.3 Å². The van der Waals surface area contributed by atoms with Gasteiger partial charge in [-0.25, -0.2) is 19.6 Å². The molecule has 2 heterocycles. The highest BCUT2D eigenvalue weighted by Crippen LogP contribution is 2.31. The van der Waals surface area contributed by atoms with Crippen LogP contribution in [0.1, 0.15) is 52.4 Å². The molecule has 3 amide bonds. The molecule has 75 heavy (non-hydrogen) atoms. The van der Waals surface area contributed by atoms with Gasteiger partial charge in [0.15, 0.2) is 24.1 Å². The molecule has 0 radical (unpaired) electrons. The topological polar surface area (TPSA) is 454 Å². The third-order valence-electron chi connectivity index (χ3n) is 11.1. The molecule has 424 valence electrons. The van der Waals surface area contributed by atoms with Gasteiger partial charge < -0.3 is 107 Å². The molecule has 16 N–H and O–H groups in total. The van der Waals surface area contributed by atoms with Crippen LogP contribution in [-0.4, -0.2) is 230 Å². The molecule has 0 fully saturated rings. The monoisotopic (exact) mass is 1070 g/mol. The Bertz CT molecular complexity index is 1980. The number of nitrogens with one attached hydrogen (secondary N) is 2. The predicted octanol–water partition coefficient (Wildman–Crippen LogP) is -4.87. The van der Waals surface area contributed by atoms with E-state index in [-0.39, 0.29) is 77.2 Å². The molecule has 2 aliphatic rings. The van der Waals surface area contributed by atoms with Crippen molar-refractivity contribution in [2.45, 2.75) is 107 Å². The number of aliphatic hydroxyl groups is 4. The molecule has 0 unspecified atom stereocenters. The quantitative estimate of drug-likeness (QED) is 0.00907. The average molecular weight is 1070 g/mol. The SMILES string of the molecule is C#CCOCCOCCOCCOCCC(=O)N(CCCCNC(=O)CO[C@@H]([C@@H]1OC(C(=O)O)=C[C@H](N=C(N)N)[C@H]1NC(C)=O)[C@H](O)CO)CCCCC(=O)O[C@@H]([C@@H]1OC(C(=O)O)=C[C@H](N=C(N)N)[C@H]1C)[C@H](O)CO. The number of carbonyl (C=O) groups excluding carboxylic acids is 4.